The fraction of sp³-hybridized carbons (Fsp3) is 0.200. The smallest absolute Gasteiger partial charge is 0.293 e. The molecule has 0 aliphatic carbocycles. The molecule has 4 heteroatoms. The van der Waals surface area contributed by atoms with Gasteiger partial charge in [-0.25, -0.2) is 0 Å². The summed E-state index contributed by atoms with van der Waals surface area (Å²) in [5, 5.41) is 3.81. The maximum atomic E-state index is 5.44. The first-order valence-electron chi connectivity index (χ1n) is 4.46. The van der Waals surface area contributed by atoms with Crippen LogP contribution in [0.1, 0.15) is 18.5 Å². The summed E-state index contributed by atoms with van der Waals surface area (Å²) in [4.78, 5) is 0. The van der Waals surface area contributed by atoms with Gasteiger partial charge < -0.3 is 5.73 Å². The highest BCUT2D eigenvalue weighted by Crippen LogP contribution is 2.10. The first kappa shape index (κ1) is 8.74. The van der Waals surface area contributed by atoms with Gasteiger partial charge in [-0.3, -0.25) is 4.52 Å². The van der Waals surface area contributed by atoms with Gasteiger partial charge in [-0.05, 0) is 4.68 Å². The minimum Gasteiger partial charge on any atom is -0.362 e. The molecule has 0 bridgehead atoms. The van der Waals surface area contributed by atoms with Crippen LogP contribution in [0.3, 0.4) is 0 Å². The van der Waals surface area contributed by atoms with E-state index in [1.165, 1.54) is 5.56 Å². The second kappa shape index (κ2) is 3.49. The number of rotatable bonds is 2. The Bertz CT molecular complexity index is 410. The summed E-state index contributed by atoms with van der Waals surface area (Å²) in [6.07, 6.45) is 1.68. The van der Waals surface area contributed by atoms with Crippen molar-refractivity contribution in [2.75, 3.05) is 5.73 Å². The van der Waals surface area contributed by atoms with Crippen LogP contribution in [0.15, 0.2) is 41.1 Å². The molecule has 0 fully saturated rings. The van der Waals surface area contributed by atoms with E-state index in [9.17, 15) is 0 Å². The van der Waals surface area contributed by atoms with Crippen LogP contribution < -0.4 is 10.4 Å². The number of nitrogens with zero attached hydrogens (tertiary/aromatic N) is 2. The maximum Gasteiger partial charge on any atom is 0.293 e. The lowest BCUT2D eigenvalue weighted by molar-refractivity contribution is -0.774. The molecule has 0 saturated heterocycles. The Balaban J connectivity index is 2.29. The Hall–Kier alpha value is -1.84. The van der Waals surface area contributed by atoms with Gasteiger partial charge in [-0.1, -0.05) is 30.3 Å². The van der Waals surface area contributed by atoms with Crippen LogP contribution in [0.2, 0.25) is 0 Å². The van der Waals surface area contributed by atoms with Crippen LogP contribution in [0.5, 0.6) is 0 Å². The van der Waals surface area contributed by atoms with Gasteiger partial charge >= 0.3 is 0 Å². The number of hydrogen-bond donors (Lipinski definition) is 1. The minimum atomic E-state index is 0.136. The van der Waals surface area contributed by atoms with Crippen molar-refractivity contribution in [1.29, 1.82) is 0 Å². The summed E-state index contributed by atoms with van der Waals surface area (Å²) >= 11 is 0. The fourth-order valence-corrected chi connectivity index (χ4v) is 1.34. The highest BCUT2D eigenvalue weighted by Gasteiger charge is 2.19. The third kappa shape index (κ3) is 1.59. The summed E-state index contributed by atoms with van der Waals surface area (Å²) in [5.41, 5.74) is 6.62. The largest absolute Gasteiger partial charge is 0.362 e. The van der Waals surface area contributed by atoms with E-state index in [1.807, 2.05) is 37.3 Å². The molecule has 2 aromatic rings. The third-order valence-electron chi connectivity index (χ3n) is 2.18. The first-order valence-corrected chi connectivity index (χ1v) is 4.46. The van der Waals surface area contributed by atoms with E-state index >= 15 is 0 Å². The molecule has 0 spiro atoms. The Morgan fingerprint density at radius 2 is 2.07 bits per heavy atom. The molecule has 0 amide bonds. The Morgan fingerprint density at radius 1 is 1.36 bits per heavy atom. The molecular formula is C10H12N3O+. The van der Waals surface area contributed by atoms with E-state index in [1.54, 1.807) is 10.9 Å². The molecule has 2 N–H and O–H groups in total. The van der Waals surface area contributed by atoms with E-state index < -0.39 is 0 Å². The van der Waals surface area contributed by atoms with Crippen LogP contribution in [0.4, 0.5) is 5.88 Å². The van der Waals surface area contributed by atoms with E-state index in [0.29, 0.717) is 5.88 Å². The van der Waals surface area contributed by atoms with Crippen molar-refractivity contribution in [3.63, 3.8) is 0 Å². The van der Waals surface area contributed by atoms with Gasteiger partial charge in [-0.15, -0.1) is 0 Å². The quantitative estimate of drug-likeness (QED) is 0.723. The predicted molar refractivity (Wildman–Crippen MR) is 51.4 cm³/mol. The summed E-state index contributed by atoms with van der Waals surface area (Å²) in [6, 6.07) is 10.2. The summed E-state index contributed by atoms with van der Waals surface area (Å²) in [7, 11) is 0. The van der Waals surface area contributed by atoms with Gasteiger partial charge in [0.1, 0.15) is 0 Å². The number of anilines is 1. The molecule has 14 heavy (non-hydrogen) atoms. The van der Waals surface area contributed by atoms with Gasteiger partial charge in [0.25, 0.3) is 12.1 Å². The van der Waals surface area contributed by atoms with Gasteiger partial charge in [-0.2, -0.15) is 0 Å². The minimum absolute atomic E-state index is 0.136. The molecule has 1 atom stereocenters. The zero-order valence-electron chi connectivity index (χ0n) is 7.92. The second-order valence-electron chi connectivity index (χ2n) is 3.17. The molecule has 0 saturated carbocycles. The number of hydrogen-bond acceptors (Lipinski definition) is 3. The van der Waals surface area contributed by atoms with Crippen molar-refractivity contribution in [3.8, 4) is 0 Å². The molecule has 1 aromatic carbocycles. The predicted octanol–water partition coefficient (Wildman–Crippen LogP) is 1.15. The van der Waals surface area contributed by atoms with Crippen molar-refractivity contribution in [1.82, 2.24) is 5.27 Å². The number of nitrogens with two attached hydrogens (primary N) is 1. The third-order valence-corrected chi connectivity index (χ3v) is 2.18. The Labute approximate surface area is 81.9 Å². The SMILES string of the molecule is CC(c1ccccc1)[n+]1cc(N)on1. The average molecular weight is 190 g/mol. The normalized spacial score (nSPS) is 12.6. The average Bonchev–Trinajstić information content (AvgIpc) is 2.65. The van der Waals surface area contributed by atoms with Crippen LogP contribution in [-0.4, -0.2) is 5.27 Å². The van der Waals surface area contributed by atoms with E-state index in [4.69, 9.17) is 10.3 Å². The molecule has 1 aromatic heterocycles. The second-order valence-corrected chi connectivity index (χ2v) is 3.17. The van der Waals surface area contributed by atoms with Gasteiger partial charge in [0.15, 0.2) is 0 Å². The van der Waals surface area contributed by atoms with Crippen LogP contribution in [0, 0.1) is 0 Å². The molecule has 4 nitrogen and oxygen atoms in total. The molecule has 1 heterocycles. The van der Waals surface area contributed by atoms with Crippen molar-refractivity contribution in [2.24, 2.45) is 0 Å². The van der Waals surface area contributed by atoms with Crippen molar-refractivity contribution >= 4 is 5.88 Å². The monoisotopic (exact) mass is 190 g/mol. The topological polar surface area (TPSA) is 55.9 Å². The van der Waals surface area contributed by atoms with Gasteiger partial charge in [0.05, 0.1) is 0 Å². The van der Waals surface area contributed by atoms with Crippen LogP contribution in [0.25, 0.3) is 0 Å². The van der Waals surface area contributed by atoms with Crippen molar-refractivity contribution in [3.05, 3.63) is 42.1 Å². The molecule has 0 aliphatic heterocycles. The number of benzene rings is 1. The molecule has 0 aliphatic rings. The molecule has 72 valence electrons. The standard InChI is InChI=1S/C10H12N3O/c1-8(9-5-3-2-4-6-9)13-7-10(11)14-12-13/h2-8H,11H2,1H3/q+1. The molecule has 1 unspecified atom stereocenters. The van der Waals surface area contributed by atoms with Crippen molar-refractivity contribution in [2.45, 2.75) is 13.0 Å². The lowest BCUT2D eigenvalue weighted by Gasteiger charge is -2.00. The van der Waals surface area contributed by atoms with Crippen LogP contribution >= 0.6 is 0 Å². The van der Waals surface area contributed by atoms with E-state index in [2.05, 4.69) is 5.27 Å². The summed E-state index contributed by atoms with van der Waals surface area (Å²) < 4.78 is 6.50. The summed E-state index contributed by atoms with van der Waals surface area (Å²) in [5.74, 6) is 0.327. The van der Waals surface area contributed by atoms with Gasteiger partial charge in [0, 0.05) is 12.5 Å². The lowest BCUT2D eigenvalue weighted by atomic mass is 10.1. The van der Waals surface area contributed by atoms with Gasteiger partial charge in [0.2, 0.25) is 11.3 Å². The highest BCUT2D eigenvalue weighted by atomic mass is 16.5. The van der Waals surface area contributed by atoms with E-state index in [0.717, 1.165) is 0 Å². The molecule has 0 radical (unpaired) electrons. The zero-order chi connectivity index (χ0) is 9.97. The van der Waals surface area contributed by atoms with Crippen LogP contribution in [-0.2, 0) is 0 Å². The zero-order valence-corrected chi connectivity index (χ0v) is 7.92. The fourth-order valence-electron chi connectivity index (χ4n) is 1.34. The lowest BCUT2D eigenvalue weighted by Crippen LogP contribution is -2.39. The molecular weight excluding hydrogens is 178 g/mol. The number of nitrogen functional groups attached to an aromatic ring is 1. The number of aromatic nitrogens is 2. The Kier molecular flexibility index (Phi) is 2.18. The molecule has 2 rings (SSSR count). The summed E-state index contributed by atoms with van der Waals surface area (Å²) in [6.45, 7) is 2.04. The highest BCUT2D eigenvalue weighted by molar-refractivity contribution is 5.17. The van der Waals surface area contributed by atoms with Crippen molar-refractivity contribution < 1.29 is 9.20 Å². The first-order chi connectivity index (χ1) is 6.77. The van der Waals surface area contributed by atoms with E-state index in [-0.39, 0.29) is 6.04 Å². The maximum absolute atomic E-state index is 5.44. The Morgan fingerprint density at radius 3 is 2.64 bits per heavy atom.